The summed E-state index contributed by atoms with van der Waals surface area (Å²) in [6.45, 7) is -0.240. The largest absolute Gasteiger partial charge is 0.506 e. The zero-order chi connectivity index (χ0) is 17.3. The number of hydrogen-bond donors (Lipinski definition) is 1. The smallest absolute Gasteiger partial charge is 0.416 e. The maximum atomic E-state index is 12.9. The van der Waals surface area contributed by atoms with Gasteiger partial charge in [-0.05, 0) is 11.6 Å². The molecule has 1 N–H and O–H groups in total. The van der Waals surface area contributed by atoms with E-state index in [9.17, 15) is 23.1 Å². The second-order valence-electron chi connectivity index (χ2n) is 5.26. The van der Waals surface area contributed by atoms with Gasteiger partial charge in [-0.2, -0.15) is 13.2 Å². The molecule has 1 aliphatic carbocycles. The highest BCUT2D eigenvalue weighted by atomic mass is 19.4. The Bertz CT molecular complexity index is 867. The Morgan fingerprint density at radius 1 is 1.00 bits per heavy atom. The molecule has 0 radical (unpaired) electrons. The highest BCUT2D eigenvalue weighted by molar-refractivity contribution is 6.30. The summed E-state index contributed by atoms with van der Waals surface area (Å²) in [6, 6.07) is 11.6. The van der Waals surface area contributed by atoms with Crippen LogP contribution in [0.5, 0.6) is 0 Å². The minimum absolute atomic E-state index is 0.00398. The zero-order valence-electron chi connectivity index (χ0n) is 12.3. The van der Waals surface area contributed by atoms with Gasteiger partial charge in [-0.3, -0.25) is 9.79 Å². The fraction of sp³-hybridized carbons (Fsp3) is 0.111. The average molecular weight is 331 g/mol. The molecular formula is C18H12F3NO2. The normalized spacial score (nSPS) is 14.5. The van der Waals surface area contributed by atoms with Crippen LogP contribution in [0.2, 0.25) is 0 Å². The lowest BCUT2D eigenvalue weighted by atomic mass is 10.1. The van der Waals surface area contributed by atoms with Gasteiger partial charge in [0.05, 0.1) is 17.7 Å². The number of alkyl halides is 3. The van der Waals surface area contributed by atoms with Crippen molar-refractivity contribution in [1.82, 2.24) is 0 Å². The molecular weight excluding hydrogens is 319 g/mol. The summed E-state index contributed by atoms with van der Waals surface area (Å²) in [6.07, 6.45) is -3.34. The number of aliphatic imine (C=N–C) groups is 1. The summed E-state index contributed by atoms with van der Waals surface area (Å²) in [5.74, 6) is -0.598. The number of Topliss-reactive ketones (excluding diaryl/α,β-unsaturated/α-hetero) is 1. The molecule has 0 unspecified atom stereocenters. The molecule has 0 saturated heterocycles. The molecule has 0 amide bonds. The third kappa shape index (κ3) is 2.82. The molecule has 3 rings (SSSR count). The fourth-order valence-electron chi connectivity index (χ4n) is 2.58. The van der Waals surface area contributed by atoms with Crippen LogP contribution in [0.25, 0.3) is 5.76 Å². The van der Waals surface area contributed by atoms with Crippen molar-refractivity contribution < 1.29 is 23.1 Å². The first-order chi connectivity index (χ1) is 11.4. The van der Waals surface area contributed by atoms with Gasteiger partial charge < -0.3 is 5.11 Å². The number of rotatable bonds is 3. The maximum Gasteiger partial charge on any atom is 0.416 e. The van der Waals surface area contributed by atoms with Gasteiger partial charge in [0.15, 0.2) is 5.78 Å². The number of ketones is 1. The lowest BCUT2D eigenvalue weighted by Gasteiger charge is -2.10. The fourth-order valence-corrected chi connectivity index (χ4v) is 2.58. The monoisotopic (exact) mass is 331 g/mol. The predicted molar refractivity (Wildman–Crippen MR) is 84.0 cm³/mol. The van der Waals surface area contributed by atoms with Crippen LogP contribution < -0.4 is 0 Å². The van der Waals surface area contributed by atoms with Crippen molar-refractivity contribution in [2.75, 3.05) is 0 Å². The van der Waals surface area contributed by atoms with Crippen LogP contribution in [0.3, 0.4) is 0 Å². The second-order valence-corrected chi connectivity index (χ2v) is 5.26. The number of aliphatic hydroxyl groups excluding tert-OH is 1. The zero-order valence-corrected chi connectivity index (χ0v) is 12.3. The van der Waals surface area contributed by atoms with Crippen LogP contribution in [0.4, 0.5) is 13.2 Å². The van der Waals surface area contributed by atoms with Gasteiger partial charge in [-0.15, -0.1) is 0 Å². The van der Waals surface area contributed by atoms with E-state index in [2.05, 4.69) is 4.99 Å². The van der Waals surface area contributed by atoms with Crippen LogP contribution >= 0.6 is 0 Å². The standard InChI is InChI=1S/C18H12F3NO2/c19-18(20,21)15-8-4-1-5-11(15)9-22-10-14-16(23)12-6-2-3-7-13(12)17(14)24/h1-8,10,23H,9H2. The molecule has 2 aromatic carbocycles. The molecule has 0 saturated carbocycles. The van der Waals surface area contributed by atoms with Gasteiger partial charge in [0.2, 0.25) is 0 Å². The Morgan fingerprint density at radius 3 is 2.29 bits per heavy atom. The van der Waals surface area contributed by atoms with E-state index in [1.54, 1.807) is 24.3 Å². The minimum atomic E-state index is -4.47. The topological polar surface area (TPSA) is 49.7 Å². The summed E-state index contributed by atoms with van der Waals surface area (Å²) >= 11 is 0. The van der Waals surface area contributed by atoms with Crippen molar-refractivity contribution in [1.29, 1.82) is 0 Å². The van der Waals surface area contributed by atoms with Crippen LogP contribution in [-0.4, -0.2) is 17.1 Å². The number of carbonyl (C=O) groups excluding carboxylic acids is 1. The van der Waals surface area contributed by atoms with Crippen molar-refractivity contribution in [3.05, 3.63) is 76.4 Å². The predicted octanol–water partition coefficient (Wildman–Crippen LogP) is 4.44. The van der Waals surface area contributed by atoms with Crippen LogP contribution in [0.15, 0.2) is 59.1 Å². The number of aliphatic hydroxyl groups is 1. The van der Waals surface area contributed by atoms with E-state index < -0.39 is 17.5 Å². The number of allylic oxidation sites excluding steroid dienone is 1. The SMILES string of the molecule is O=C1C(C=NCc2ccccc2C(F)(F)F)=C(O)c2ccccc21. The number of carbonyl (C=O) groups is 1. The molecule has 3 nitrogen and oxygen atoms in total. The lowest BCUT2D eigenvalue weighted by molar-refractivity contribution is -0.138. The number of nitrogens with zero attached hydrogens (tertiary/aromatic N) is 1. The Balaban J connectivity index is 1.85. The first-order valence-electron chi connectivity index (χ1n) is 7.12. The molecule has 0 bridgehead atoms. The first kappa shape index (κ1) is 16.0. The van der Waals surface area contributed by atoms with Crippen molar-refractivity contribution in [2.45, 2.75) is 12.7 Å². The van der Waals surface area contributed by atoms with Gasteiger partial charge in [0.1, 0.15) is 5.76 Å². The van der Waals surface area contributed by atoms with E-state index >= 15 is 0 Å². The molecule has 2 aromatic rings. The Hall–Kier alpha value is -2.89. The number of halogens is 3. The van der Waals surface area contributed by atoms with E-state index in [1.807, 2.05) is 0 Å². The molecule has 0 heterocycles. The third-order valence-corrected chi connectivity index (χ3v) is 3.73. The molecule has 0 aliphatic heterocycles. The second kappa shape index (κ2) is 5.96. The van der Waals surface area contributed by atoms with Gasteiger partial charge in [-0.25, -0.2) is 0 Å². The minimum Gasteiger partial charge on any atom is -0.506 e. The molecule has 1 aliphatic rings. The summed E-state index contributed by atoms with van der Waals surface area (Å²) < 4.78 is 38.8. The van der Waals surface area contributed by atoms with E-state index in [0.717, 1.165) is 12.3 Å². The molecule has 0 spiro atoms. The van der Waals surface area contributed by atoms with Gasteiger partial charge in [-0.1, -0.05) is 42.5 Å². The van der Waals surface area contributed by atoms with E-state index in [4.69, 9.17) is 0 Å². The molecule has 24 heavy (non-hydrogen) atoms. The summed E-state index contributed by atoms with van der Waals surface area (Å²) in [5.41, 5.74) is -0.0156. The summed E-state index contributed by atoms with van der Waals surface area (Å²) in [4.78, 5) is 16.1. The highest BCUT2D eigenvalue weighted by Gasteiger charge is 2.33. The van der Waals surface area contributed by atoms with Crippen LogP contribution in [0, 0.1) is 0 Å². The number of hydrogen-bond acceptors (Lipinski definition) is 3. The van der Waals surface area contributed by atoms with Crippen molar-refractivity contribution in [2.24, 2.45) is 4.99 Å². The Morgan fingerprint density at radius 2 is 1.62 bits per heavy atom. The molecule has 0 atom stereocenters. The Labute approximate surface area is 135 Å². The van der Waals surface area contributed by atoms with Crippen LogP contribution in [-0.2, 0) is 12.7 Å². The summed E-state index contributed by atoms with van der Waals surface area (Å²) in [5, 5.41) is 10.1. The maximum absolute atomic E-state index is 12.9. The quantitative estimate of drug-likeness (QED) is 0.845. The van der Waals surface area contributed by atoms with Crippen molar-refractivity contribution in [3.8, 4) is 0 Å². The molecule has 6 heteroatoms. The first-order valence-corrected chi connectivity index (χ1v) is 7.12. The number of fused-ring (bicyclic) bond motifs is 1. The average Bonchev–Trinajstić information content (AvgIpc) is 2.80. The van der Waals surface area contributed by atoms with Gasteiger partial charge in [0, 0.05) is 17.3 Å². The van der Waals surface area contributed by atoms with Crippen molar-refractivity contribution >= 4 is 17.8 Å². The van der Waals surface area contributed by atoms with Gasteiger partial charge >= 0.3 is 6.18 Å². The van der Waals surface area contributed by atoms with Crippen molar-refractivity contribution in [3.63, 3.8) is 0 Å². The third-order valence-electron chi connectivity index (χ3n) is 3.73. The highest BCUT2D eigenvalue weighted by Crippen LogP contribution is 2.32. The van der Waals surface area contributed by atoms with E-state index in [-0.39, 0.29) is 23.4 Å². The van der Waals surface area contributed by atoms with E-state index in [1.165, 1.54) is 18.2 Å². The van der Waals surface area contributed by atoms with Gasteiger partial charge in [0.25, 0.3) is 0 Å². The molecule has 0 fully saturated rings. The Kier molecular flexibility index (Phi) is 3.97. The van der Waals surface area contributed by atoms with E-state index in [0.29, 0.717) is 11.1 Å². The molecule has 0 aromatic heterocycles. The lowest BCUT2D eigenvalue weighted by Crippen LogP contribution is -2.08. The molecule has 122 valence electrons. The summed E-state index contributed by atoms with van der Waals surface area (Å²) in [7, 11) is 0. The van der Waals surface area contributed by atoms with Crippen LogP contribution in [0.1, 0.15) is 27.0 Å². The number of benzene rings is 2.